The summed E-state index contributed by atoms with van der Waals surface area (Å²) in [5, 5.41) is 56.7. The summed E-state index contributed by atoms with van der Waals surface area (Å²) < 4.78 is 0. The topological polar surface area (TPSA) is 142 Å². The van der Waals surface area contributed by atoms with Gasteiger partial charge in [-0.2, -0.15) is 0 Å². The van der Waals surface area contributed by atoms with Gasteiger partial charge in [0.15, 0.2) is 6.10 Å². The SMILES string of the molecule is CCCCCCCCCCCCN(CCO)C(=O)[C@H](O)[C@@H](O)[C@H](O)[C@H](O)CO. The van der Waals surface area contributed by atoms with E-state index in [-0.39, 0.29) is 13.2 Å². The van der Waals surface area contributed by atoms with Crippen molar-refractivity contribution in [3.8, 4) is 0 Å². The molecule has 4 atom stereocenters. The van der Waals surface area contributed by atoms with Crippen LogP contribution in [-0.4, -0.2) is 92.2 Å². The first-order chi connectivity index (χ1) is 13.4. The van der Waals surface area contributed by atoms with Crippen molar-refractivity contribution < 1.29 is 35.4 Å². The molecule has 8 heteroatoms. The summed E-state index contributed by atoms with van der Waals surface area (Å²) in [5.74, 6) is -0.818. The third kappa shape index (κ3) is 11.3. The van der Waals surface area contributed by atoms with E-state index in [0.29, 0.717) is 13.0 Å². The molecule has 0 bridgehead atoms. The molecular formula is C20H41NO7. The lowest BCUT2D eigenvalue weighted by molar-refractivity contribution is -0.158. The Morgan fingerprint density at radius 1 is 0.750 bits per heavy atom. The lowest BCUT2D eigenvalue weighted by Gasteiger charge is -2.29. The third-order valence-corrected chi connectivity index (χ3v) is 4.97. The number of aliphatic hydroxyl groups excluding tert-OH is 6. The van der Waals surface area contributed by atoms with Crippen molar-refractivity contribution >= 4 is 5.91 Å². The molecule has 6 N–H and O–H groups in total. The summed E-state index contributed by atoms with van der Waals surface area (Å²) in [6.45, 7) is 1.45. The molecule has 0 aliphatic rings. The molecule has 0 heterocycles. The van der Waals surface area contributed by atoms with Gasteiger partial charge in [-0.25, -0.2) is 0 Å². The molecule has 8 nitrogen and oxygen atoms in total. The molecule has 0 aliphatic carbocycles. The van der Waals surface area contributed by atoms with Crippen LogP contribution < -0.4 is 0 Å². The normalized spacial score (nSPS) is 15.8. The first-order valence-electron chi connectivity index (χ1n) is 10.6. The highest BCUT2D eigenvalue weighted by molar-refractivity contribution is 5.81. The lowest BCUT2D eigenvalue weighted by atomic mass is 10.0. The van der Waals surface area contributed by atoms with Crippen LogP contribution in [0.2, 0.25) is 0 Å². The number of aliphatic hydroxyl groups is 6. The minimum absolute atomic E-state index is 0.0126. The Balaban J connectivity index is 4.20. The number of carbonyl (C=O) groups is 1. The van der Waals surface area contributed by atoms with Gasteiger partial charge >= 0.3 is 0 Å². The molecule has 0 saturated carbocycles. The Morgan fingerprint density at radius 2 is 1.25 bits per heavy atom. The van der Waals surface area contributed by atoms with Crippen LogP contribution in [0.1, 0.15) is 71.1 Å². The molecule has 0 aliphatic heterocycles. The highest BCUT2D eigenvalue weighted by atomic mass is 16.4. The van der Waals surface area contributed by atoms with Crippen LogP contribution in [-0.2, 0) is 4.79 Å². The predicted octanol–water partition coefficient (Wildman–Crippen LogP) is 0.164. The second-order valence-corrected chi connectivity index (χ2v) is 7.41. The summed E-state index contributed by atoms with van der Waals surface area (Å²) in [4.78, 5) is 13.6. The van der Waals surface area contributed by atoms with Crippen LogP contribution in [0.3, 0.4) is 0 Å². The van der Waals surface area contributed by atoms with E-state index in [1.54, 1.807) is 0 Å². The fraction of sp³-hybridized carbons (Fsp3) is 0.950. The van der Waals surface area contributed by atoms with Gasteiger partial charge in [0.05, 0.1) is 13.2 Å². The molecule has 0 saturated heterocycles. The van der Waals surface area contributed by atoms with Crippen LogP contribution in [0.5, 0.6) is 0 Å². The van der Waals surface area contributed by atoms with Crippen molar-refractivity contribution in [1.82, 2.24) is 4.90 Å². The predicted molar refractivity (Wildman–Crippen MR) is 107 cm³/mol. The van der Waals surface area contributed by atoms with Gasteiger partial charge in [-0.3, -0.25) is 4.79 Å². The molecule has 0 aromatic carbocycles. The van der Waals surface area contributed by atoms with E-state index in [9.17, 15) is 25.2 Å². The number of amides is 1. The Morgan fingerprint density at radius 3 is 1.71 bits per heavy atom. The maximum atomic E-state index is 12.3. The second kappa shape index (κ2) is 17.1. The smallest absolute Gasteiger partial charge is 0.254 e. The minimum Gasteiger partial charge on any atom is -0.395 e. The fourth-order valence-corrected chi connectivity index (χ4v) is 3.10. The van der Waals surface area contributed by atoms with Gasteiger partial charge in [0.25, 0.3) is 5.91 Å². The molecule has 0 aromatic heterocycles. The van der Waals surface area contributed by atoms with Crippen LogP contribution in [0.15, 0.2) is 0 Å². The quantitative estimate of drug-likeness (QED) is 0.178. The van der Waals surface area contributed by atoms with Crippen molar-refractivity contribution in [2.24, 2.45) is 0 Å². The lowest BCUT2D eigenvalue weighted by Crippen LogP contribution is -2.53. The van der Waals surface area contributed by atoms with Gasteiger partial charge in [0.1, 0.15) is 18.3 Å². The van der Waals surface area contributed by atoms with Crippen LogP contribution in [0, 0.1) is 0 Å². The summed E-state index contributed by atoms with van der Waals surface area (Å²) in [6.07, 6.45) is 4.05. The van der Waals surface area contributed by atoms with E-state index in [1.165, 1.54) is 43.4 Å². The minimum atomic E-state index is -1.94. The Bertz CT molecular complexity index is 384. The van der Waals surface area contributed by atoms with Gasteiger partial charge in [0, 0.05) is 13.1 Å². The zero-order valence-corrected chi connectivity index (χ0v) is 17.2. The number of unbranched alkanes of at least 4 members (excludes halogenated alkanes) is 9. The maximum Gasteiger partial charge on any atom is 0.254 e. The van der Waals surface area contributed by atoms with Gasteiger partial charge in [-0.05, 0) is 6.42 Å². The van der Waals surface area contributed by atoms with Crippen molar-refractivity contribution in [2.75, 3.05) is 26.3 Å². The molecule has 0 radical (unpaired) electrons. The van der Waals surface area contributed by atoms with Crippen molar-refractivity contribution in [3.63, 3.8) is 0 Å². The van der Waals surface area contributed by atoms with Crippen molar-refractivity contribution in [2.45, 2.75) is 95.5 Å². The highest BCUT2D eigenvalue weighted by Crippen LogP contribution is 2.12. The van der Waals surface area contributed by atoms with Gasteiger partial charge < -0.3 is 35.5 Å². The number of nitrogens with zero attached hydrogens (tertiary/aromatic N) is 1. The summed E-state index contributed by atoms with van der Waals surface area (Å²) >= 11 is 0. The van der Waals surface area contributed by atoms with Crippen LogP contribution in [0.25, 0.3) is 0 Å². The number of rotatable bonds is 18. The molecule has 0 rings (SSSR count). The third-order valence-electron chi connectivity index (χ3n) is 4.97. The zero-order chi connectivity index (χ0) is 21.4. The average molecular weight is 408 g/mol. The Labute approximate surface area is 168 Å². The standard InChI is InChI=1S/C20H41NO7/c1-2-3-4-5-6-7-8-9-10-11-12-21(13-14-22)20(28)19(27)18(26)17(25)16(24)15-23/h16-19,22-27H,2-15H2,1H3/t16-,17-,18+,19-/m1/s1. The van der Waals surface area contributed by atoms with Crippen molar-refractivity contribution in [3.05, 3.63) is 0 Å². The highest BCUT2D eigenvalue weighted by Gasteiger charge is 2.36. The van der Waals surface area contributed by atoms with Crippen LogP contribution >= 0.6 is 0 Å². The van der Waals surface area contributed by atoms with E-state index in [1.807, 2.05) is 0 Å². The first-order valence-corrected chi connectivity index (χ1v) is 10.6. The van der Waals surface area contributed by atoms with Crippen LogP contribution in [0.4, 0.5) is 0 Å². The maximum absolute atomic E-state index is 12.3. The van der Waals surface area contributed by atoms with Gasteiger partial charge in [-0.15, -0.1) is 0 Å². The number of carbonyl (C=O) groups excluding carboxylic acids is 1. The molecule has 0 fully saturated rings. The largest absolute Gasteiger partial charge is 0.395 e. The molecule has 1 amide bonds. The molecule has 28 heavy (non-hydrogen) atoms. The summed E-state index contributed by atoms with van der Waals surface area (Å²) in [6, 6.07) is 0. The molecule has 0 unspecified atom stereocenters. The first kappa shape index (κ1) is 27.2. The number of hydrogen-bond acceptors (Lipinski definition) is 7. The monoisotopic (exact) mass is 407 g/mol. The van der Waals surface area contributed by atoms with E-state index >= 15 is 0 Å². The molecule has 0 spiro atoms. The van der Waals surface area contributed by atoms with E-state index in [2.05, 4.69) is 6.92 Å². The molecule has 0 aromatic rings. The second-order valence-electron chi connectivity index (χ2n) is 7.41. The number of hydrogen-bond donors (Lipinski definition) is 6. The van der Waals surface area contributed by atoms with Gasteiger partial charge in [0.2, 0.25) is 0 Å². The zero-order valence-electron chi connectivity index (χ0n) is 17.2. The fourth-order valence-electron chi connectivity index (χ4n) is 3.10. The summed E-state index contributed by atoms with van der Waals surface area (Å²) in [5.41, 5.74) is 0. The Kier molecular flexibility index (Phi) is 16.6. The van der Waals surface area contributed by atoms with E-state index in [0.717, 1.165) is 19.3 Å². The van der Waals surface area contributed by atoms with E-state index in [4.69, 9.17) is 10.2 Å². The summed E-state index contributed by atoms with van der Waals surface area (Å²) in [7, 11) is 0. The molecule has 168 valence electrons. The van der Waals surface area contributed by atoms with Crippen molar-refractivity contribution in [1.29, 1.82) is 0 Å². The Hall–Kier alpha value is -0.770. The molecular weight excluding hydrogens is 366 g/mol. The van der Waals surface area contributed by atoms with Gasteiger partial charge in [-0.1, -0.05) is 64.7 Å². The average Bonchev–Trinajstić information content (AvgIpc) is 2.71. The van der Waals surface area contributed by atoms with E-state index < -0.39 is 36.9 Å².